The molecule has 0 fully saturated rings. The van der Waals surface area contributed by atoms with Gasteiger partial charge in [0.25, 0.3) is 10.0 Å². The number of anilines is 2. The zero-order valence-electron chi connectivity index (χ0n) is 14.4. The summed E-state index contributed by atoms with van der Waals surface area (Å²) in [5.41, 5.74) is 3.15. The third-order valence-electron chi connectivity index (χ3n) is 4.11. The van der Waals surface area contributed by atoms with E-state index in [0.29, 0.717) is 17.9 Å². The first kappa shape index (κ1) is 17.8. The zero-order chi connectivity index (χ0) is 18.2. The number of carbonyl (C=O) groups is 1. The monoisotopic (exact) mass is 376 g/mol. The average Bonchev–Trinajstić information content (AvgIpc) is 2.56. The maximum Gasteiger partial charge on any atom is 0.261 e. The maximum absolute atomic E-state index is 12.8. The molecular weight excluding hydrogens is 356 g/mol. The van der Waals surface area contributed by atoms with Gasteiger partial charge in [0, 0.05) is 24.1 Å². The van der Waals surface area contributed by atoms with E-state index < -0.39 is 10.0 Å². The number of nitrogens with one attached hydrogen (secondary N) is 1. The van der Waals surface area contributed by atoms with Crippen LogP contribution in [0.5, 0.6) is 0 Å². The highest BCUT2D eigenvalue weighted by Crippen LogP contribution is 2.36. The van der Waals surface area contributed by atoms with E-state index in [2.05, 4.69) is 4.72 Å². The summed E-state index contributed by atoms with van der Waals surface area (Å²) in [5.74, 6) is 0.720. The largest absolute Gasteiger partial charge is 0.311 e. The van der Waals surface area contributed by atoms with Crippen molar-refractivity contribution in [1.82, 2.24) is 0 Å². The standard InChI is InChI=1S/C18H20N2O3S2/c1-12-4-6-16(13(2)10-12)19-25(22,23)15-5-7-18-17(11-15)20(14(3)21)8-9-24-18/h4-7,10-11,19H,8-9H2,1-3H3. The highest BCUT2D eigenvalue weighted by atomic mass is 32.2. The number of sulfonamides is 1. The van der Waals surface area contributed by atoms with Gasteiger partial charge in [-0.05, 0) is 43.7 Å². The lowest BCUT2D eigenvalue weighted by atomic mass is 10.1. The molecule has 132 valence electrons. The van der Waals surface area contributed by atoms with E-state index in [-0.39, 0.29) is 10.8 Å². The molecule has 0 saturated heterocycles. The van der Waals surface area contributed by atoms with E-state index in [9.17, 15) is 13.2 Å². The number of rotatable bonds is 3. The first-order chi connectivity index (χ1) is 11.8. The molecule has 0 bridgehead atoms. The normalized spacial score (nSPS) is 14.1. The van der Waals surface area contributed by atoms with Crippen LogP contribution in [0.25, 0.3) is 0 Å². The van der Waals surface area contributed by atoms with Crippen LogP contribution in [0.3, 0.4) is 0 Å². The summed E-state index contributed by atoms with van der Waals surface area (Å²) >= 11 is 1.63. The third kappa shape index (κ3) is 3.67. The van der Waals surface area contributed by atoms with Crippen molar-refractivity contribution in [3.8, 4) is 0 Å². The van der Waals surface area contributed by atoms with E-state index in [0.717, 1.165) is 21.8 Å². The fraction of sp³-hybridized carbons (Fsp3) is 0.278. The number of nitrogens with zero attached hydrogens (tertiary/aromatic N) is 1. The minimum Gasteiger partial charge on any atom is -0.311 e. The summed E-state index contributed by atoms with van der Waals surface area (Å²) in [4.78, 5) is 14.5. The SMILES string of the molecule is CC(=O)N1CCSc2ccc(S(=O)(=O)Nc3ccc(C)cc3C)cc21. The van der Waals surface area contributed by atoms with Gasteiger partial charge in [0.1, 0.15) is 0 Å². The predicted molar refractivity (Wildman–Crippen MR) is 102 cm³/mol. The van der Waals surface area contributed by atoms with Crippen molar-refractivity contribution in [2.45, 2.75) is 30.6 Å². The molecule has 0 aromatic heterocycles. The average molecular weight is 377 g/mol. The second-order valence-corrected chi connectivity index (χ2v) is 8.89. The highest BCUT2D eigenvalue weighted by molar-refractivity contribution is 7.99. The van der Waals surface area contributed by atoms with Crippen LogP contribution in [0.1, 0.15) is 18.1 Å². The molecule has 25 heavy (non-hydrogen) atoms. The van der Waals surface area contributed by atoms with Crippen LogP contribution in [-0.4, -0.2) is 26.6 Å². The van der Waals surface area contributed by atoms with Gasteiger partial charge in [0.05, 0.1) is 16.3 Å². The first-order valence-corrected chi connectivity index (χ1v) is 10.4. The van der Waals surface area contributed by atoms with Crippen LogP contribution in [0.4, 0.5) is 11.4 Å². The molecule has 0 aliphatic carbocycles. The minimum absolute atomic E-state index is 0.0848. The highest BCUT2D eigenvalue weighted by Gasteiger charge is 2.24. The summed E-state index contributed by atoms with van der Waals surface area (Å²) in [5, 5.41) is 0. The number of benzene rings is 2. The van der Waals surface area contributed by atoms with Gasteiger partial charge in [-0.2, -0.15) is 0 Å². The van der Waals surface area contributed by atoms with Crippen molar-refractivity contribution in [2.75, 3.05) is 21.9 Å². The maximum atomic E-state index is 12.8. The summed E-state index contributed by atoms with van der Waals surface area (Å²) in [7, 11) is -3.73. The number of carbonyl (C=O) groups excluding carboxylic acids is 1. The quantitative estimate of drug-likeness (QED) is 0.889. The molecule has 1 amide bonds. The van der Waals surface area contributed by atoms with E-state index in [1.807, 2.05) is 26.0 Å². The van der Waals surface area contributed by atoms with Crippen LogP contribution in [0, 0.1) is 13.8 Å². The van der Waals surface area contributed by atoms with E-state index in [1.54, 1.807) is 40.9 Å². The van der Waals surface area contributed by atoms with Crippen molar-refractivity contribution in [1.29, 1.82) is 0 Å². The molecule has 0 saturated carbocycles. The summed E-state index contributed by atoms with van der Waals surface area (Å²) in [6.07, 6.45) is 0. The lowest BCUT2D eigenvalue weighted by molar-refractivity contribution is -0.116. The molecule has 1 aliphatic heterocycles. The summed E-state index contributed by atoms with van der Waals surface area (Å²) < 4.78 is 28.2. The van der Waals surface area contributed by atoms with Crippen LogP contribution in [-0.2, 0) is 14.8 Å². The Balaban J connectivity index is 1.98. The molecule has 2 aromatic rings. The van der Waals surface area contributed by atoms with Gasteiger partial charge >= 0.3 is 0 Å². The number of fused-ring (bicyclic) bond motifs is 1. The Labute approximate surface area is 152 Å². The molecule has 0 atom stereocenters. The third-order valence-corrected chi connectivity index (χ3v) is 6.52. The Morgan fingerprint density at radius 1 is 1.16 bits per heavy atom. The molecule has 0 spiro atoms. The molecule has 7 heteroatoms. The van der Waals surface area contributed by atoms with Gasteiger partial charge < -0.3 is 4.90 Å². The number of hydrogen-bond donors (Lipinski definition) is 1. The Bertz CT molecular complexity index is 939. The Morgan fingerprint density at radius 3 is 2.60 bits per heavy atom. The van der Waals surface area contributed by atoms with Crippen molar-refractivity contribution in [2.24, 2.45) is 0 Å². The Hall–Kier alpha value is -1.99. The lowest BCUT2D eigenvalue weighted by Gasteiger charge is -2.28. The van der Waals surface area contributed by atoms with E-state index in [1.165, 1.54) is 6.92 Å². The molecule has 2 aromatic carbocycles. The van der Waals surface area contributed by atoms with Crippen LogP contribution < -0.4 is 9.62 Å². The van der Waals surface area contributed by atoms with Crippen molar-refractivity contribution in [3.63, 3.8) is 0 Å². The second-order valence-electron chi connectivity index (χ2n) is 6.07. The van der Waals surface area contributed by atoms with Crippen molar-refractivity contribution in [3.05, 3.63) is 47.5 Å². The van der Waals surface area contributed by atoms with Crippen LogP contribution in [0.2, 0.25) is 0 Å². The number of amides is 1. The molecule has 0 unspecified atom stereocenters. The van der Waals surface area contributed by atoms with Crippen molar-refractivity contribution < 1.29 is 13.2 Å². The molecule has 3 rings (SSSR count). The van der Waals surface area contributed by atoms with Gasteiger partial charge in [-0.1, -0.05) is 17.7 Å². The van der Waals surface area contributed by atoms with E-state index >= 15 is 0 Å². The number of hydrogen-bond acceptors (Lipinski definition) is 4. The topological polar surface area (TPSA) is 66.5 Å². The van der Waals surface area contributed by atoms with Crippen LogP contribution >= 0.6 is 11.8 Å². The second kappa shape index (κ2) is 6.72. The molecule has 0 radical (unpaired) electrons. The Morgan fingerprint density at radius 2 is 1.92 bits per heavy atom. The van der Waals surface area contributed by atoms with Gasteiger partial charge in [-0.25, -0.2) is 8.42 Å². The molecule has 5 nitrogen and oxygen atoms in total. The summed E-state index contributed by atoms with van der Waals surface area (Å²) in [6.45, 7) is 5.91. The zero-order valence-corrected chi connectivity index (χ0v) is 16.0. The number of thioether (sulfide) groups is 1. The lowest BCUT2D eigenvalue weighted by Crippen LogP contribution is -2.33. The molecule has 1 N–H and O–H groups in total. The van der Waals surface area contributed by atoms with E-state index in [4.69, 9.17) is 0 Å². The van der Waals surface area contributed by atoms with Crippen molar-refractivity contribution >= 4 is 39.1 Å². The fourth-order valence-electron chi connectivity index (χ4n) is 2.82. The predicted octanol–water partition coefficient (Wildman–Crippen LogP) is 3.56. The number of aryl methyl sites for hydroxylation is 2. The smallest absolute Gasteiger partial charge is 0.261 e. The van der Waals surface area contributed by atoms with Gasteiger partial charge in [-0.3, -0.25) is 9.52 Å². The van der Waals surface area contributed by atoms with Gasteiger partial charge in [0.2, 0.25) is 5.91 Å². The first-order valence-electron chi connectivity index (χ1n) is 7.93. The fourth-order valence-corrected chi connectivity index (χ4v) is 4.95. The Kier molecular flexibility index (Phi) is 4.79. The minimum atomic E-state index is -3.73. The summed E-state index contributed by atoms with van der Waals surface area (Å²) in [6, 6.07) is 10.5. The van der Waals surface area contributed by atoms with Crippen LogP contribution in [0.15, 0.2) is 46.2 Å². The van der Waals surface area contributed by atoms with Gasteiger partial charge in [0.15, 0.2) is 0 Å². The molecule has 1 aliphatic rings. The molecule has 1 heterocycles. The molecular formula is C18H20N2O3S2. The van der Waals surface area contributed by atoms with Gasteiger partial charge in [-0.15, -0.1) is 11.8 Å².